The fourth-order valence-electron chi connectivity index (χ4n) is 1.75. The molecule has 1 rings (SSSR count). The number of carbonyl (C=O) groups is 1. The molecule has 0 heterocycles. The van der Waals surface area contributed by atoms with Crippen molar-refractivity contribution in [2.45, 2.75) is 26.4 Å². The van der Waals surface area contributed by atoms with Crippen LogP contribution in [-0.4, -0.2) is 35.4 Å². The highest BCUT2D eigenvalue weighted by atomic mass is 79.9. The quantitative estimate of drug-likeness (QED) is 0.680. The van der Waals surface area contributed by atoms with Crippen LogP contribution >= 0.6 is 31.9 Å². The van der Waals surface area contributed by atoms with Crippen LogP contribution < -0.4 is 10.2 Å². The van der Waals surface area contributed by atoms with E-state index in [4.69, 9.17) is 4.74 Å². The van der Waals surface area contributed by atoms with Gasteiger partial charge in [-0.2, -0.15) is 0 Å². The van der Waals surface area contributed by atoms with E-state index in [-0.39, 0.29) is 0 Å². The first-order valence-corrected chi connectivity index (χ1v) is 9.07. The van der Waals surface area contributed by atoms with Gasteiger partial charge < -0.3 is 9.64 Å². The molecule has 0 aliphatic carbocycles. The van der Waals surface area contributed by atoms with Gasteiger partial charge in [0.15, 0.2) is 0 Å². The van der Waals surface area contributed by atoms with E-state index < -0.39 is 11.7 Å². The lowest BCUT2D eigenvalue weighted by molar-refractivity contribution is 0.0636. The van der Waals surface area contributed by atoms with Crippen LogP contribution in [0.15, 0.2) is 24.3 Å². The van der Waals surface area contributed by atoms with E-state index in [2.05, 4.69) is 42.1 Å². The number of hydrogen-bond acceptors (Lipinski definition) is 3. The molecule has 0 aromatic heterocycles. The number of carbonyl (C=O) groups excluding carboxylic acids is 1. The molecule has 0 saturated carbocycles. The molecule has 1 N–H and O–H groups in total. The molecule has 1 amide bonds. The van der Waals surface area contributed by atoms with Gasteiger partial charge in [0.2, 0.25) is 0 Å². The highest BCUT2D eigenvalue weighted by molar-refractivity contribution is 9.09. The molecule has 1 aromatic rings. The summed E-state index contributed by atoms with van der Waals surface area (Å²) in [5, 5.41) is 4.56. The molecule has 6 heteroatoms. The zero-order valence-corrected chi connectivity index (χ0v) is 15.8. The van der Waals surface area contributed by atoms with Crippen molar-refractivity contribution in [3.63, 3.8) is 0 Å². The fraction of sp³-hybridized carbons (Fsp3) is 0.533. The van der Waals surface area contributed by atoms with Gasteiger partial charge in [-0.15, -0.1) is 0 Å². The summed E-state index contributed by atoms with van der Waals surface area (Å²) in [7, 11) is 0. The minimum Gasteiger partial charge on any atom is -0.444 e. The number of benzene rings is 1. The summed E-state index contributed by atoms with van der Waals surface area (Å²) in [5.41, 5.74) is 1.36. The number of nitrogens with one attached hydrogen (secondary N) is 1. The van der Waals surface area contributed by atoms with Gasteiger partial charge in [0.25, 0.3) is 0 Å². The summed E-state index contributed by atoms with van der Waals surface area (Å²) < 4.78 is 5.22. The molecule has 0 aliphatic rings. The number of amides is 1. The SMILES string of the molecule is CC(C)(C)OC(=O)Nc1ccc(N(CCBr)CCBr)cc1. The molecule has 4 nitrogen and oxygen atoms in total. The summed E-state index contributed by atoms with van der Waals surface area (Å²) in [5.74, 6) is 0. The second-order valence-electron chi connectivity index (χ2n) is 5.54. The number of anilines is 2. The third kappa shape index (κ3) is 7.18. The van der Waals surface area contributed by atoms with Crippen molar-refractivity contribution in [3.8, 4) is 0 Å². The minimum absolute atomic E-state index is 0.437. The predicted molar refractivity (Wildman–Crippen MR) is 96.1 cm³/mol. The Bertz CT molecular complexity index is 438. The first kappa shape index (κ1) is 18.3. The number of rotatable bonds is 6. The maximum atomic E-state index is 11.7. The zero-order valence-electron chi connectivity index (χ0n) is 12.7. The number of halogens is 2. The van der Waals surface area contributed by atoms with Crippen LogP contribution in [0.1, 0.15) is 20.8 Å². The number of hydrogen-bond donors (Lipinski definition) is 1. The highest BCUT2D eigenvalue weighted by Crippen LogP contribution is 2.19. The maximum Gasteiger partial charge on any atom is 0.412 e. The van der Waals surface area contributed by atoms with E-state index in [9.17, 15) is 4.79 Å². The van der Waals surface area contributed by atoms with Crippen molar-refractivity contribution in [1.29, 1.82) is 0 Å². The standard InChI is InChI=1S/C15H22Br2N2O2/c1-15(2,3)21-14(20)18-12-4-6-13(7-5-12)19(10-8-16)11-9-17/h4-7H,8-11H2,1-3H3,(H,18,20). The van der Waals surface area contributed by atoms with Crippen LogP contribution in [0.25, 0.3) is 0 Å². The topological polar surface area (TPSA) is 41.6 Å². The lowest BCUT2D eigenvalue weighted by Crippen LogP contribution is -2.28. The Kier molecular flexibility index (Phi) is 7.52. The molecule has 21 heavy (non-hydrogen) atoms. The molecular weight excluding hydrogens is 400 g/mol. The molecule has 0 atom stereocenters. The van der Waals surface area contributed by atoms with Crippen LogP contribution in [-0.2, 0) is 4.74 Å². The Hall–Kier alpha value is -0.750. The van der Waals surface area contributed by atoms with Crippen molar-refractivity contribution in [2.24, 2.45) is 0 Å². The first-order valence-electron chi connectivity index (χ1n) is 6.82. The third-order valence-corrected chi connectivity index (χ3v) is 3.30. The van der Waals surface area contributed by atoms with Crippen LogP contribution in [0.5, 0.6) is 0 Å². The van der Waals surface area contributed by atoms with Gasteiger partial charge in [0.1, 0.15) is 5.60 Å². The summed E-state index contributed by atoms with van der Waals surface area (Å²) in [6.07, 6.45) is -0.437. The molecule has 0 bridgehead atoms. The second kappa shape index (κ2) is 8.63. The highest BCUT2D eigenvalue weighted by Gasteiger charge is 2.16. The number of ether oxygens (including phenoxy) is 1. The van der Waals surface area contributed by atoms with Gasteiger partial charge in [0, 0.05) is 35.1 Å². The number of alkyl halides is 2. The maximum absolute atomic E-state index is 11.7. The van der Waals surface area contributed by atoms with Crippen molar-refractivity contribution >= 4 is 49.3 Å². The Balaban J connectivity index is 2.66. The van der Waals surface area contributed by atoms with E-state index in [0.29, 0.717) is 0 Å². The monoisotopic (exact) mass is 420 g/mol. The molecule has 118 valence electrons. The average Bonchev–Trinajstić information content (AvgIpc) is 2.37. The molecule has 0 aliphatic heterocycles. The third-order valence-electron chi connectivity index (χ3n) is 2.59. The van der Waals surface area contributed by atoms with E-state index in [1.54, 1.807) is 0 Å². The Morgan fingerprint density at radius 3 is 2.10 bits per heavy atom. The lowest BCUT2D eigenvalue weighted by atomic mass is 10.2. The Morgan fingerprint density at radius 2 is 1.67 bits per heavy atom. The Labute approximate surface area is 143 Å². The van der Waals surface area contributed by atoms with E-state index in [1.807, 2.05) is 45.0 Å². The van der Waals surface area contributed by atoms with Gasteiger partial charge in [-0.25, -0.2) is 4.79 Å². The van der Waals surface area contributed by atoms with Gasteiger partial charge >= 0.3 is 6.09 Å². The van der Waals surface area contributed by atoms with Crippen molar-refractivity contribution in [3.05, 3.63) is 24.3 Å². The largest absolute Gasteiger partial charge is 0.444 e. The summed E-state index contributed by atoms with van der Waals surface area (Å²) in [6, 6.07) is 7.76. The molecule has 0 saturated heterocycles. The molecule has 0 fully saturated rings. The van der Waals surface area contributed by atoms with Crippen LogP contribution in [0, 0.1) is 0 Å². The van der Waals surface area contributed by atoms with Crippen molar-refractivity contribution in [1.82, 2.24) is 0 Å². The molecule has 0 unspecified atom stereocenters. The van der Waals surface area contributed by atoms with Gasteiger partial charge in [-0.1, -0.05) is 31.9 Å². The molecular formula is C15H22Br2N2O2. The van der Waals surface area contributed by atoms with Crippen molar-refractivity contribution < 1.29 is 9.53 Å². The summed E-state index contributed by atoms with van der Waals surface area (Å²) in [6.45, 7) is 7.39. The van der Waals surface area contributed by atoms with Crippen LogP contribution in [0.3, 0.4) is 0 Å². The lowest BCUT2D eigenvalue weighted by Gasteiger charge is -2.23. The minimum atomic E-state index is -0.493. The average molecular weight is 422 g/mol. The predicted octanol–water partition coefficient (Wildman–Crippen LogP) is 4.63. The number of nitrogens with zero attached hydrogens (tertiary/aromatic N) is 1. The first-order chi connectivity index (χ1) is 9.85. The fourth-order valence-corrected chi connectivity index (χ4v) is 2.61. The second-order valence-corrected chi connectivity index (χ2v) is 7.12. The molecule has 1 aromatic carbocycles. The van der Waals surface area contributed by atoms with Gasteiger partial charge in [0.05, 0.1) is 0 Å². The smallest absolute Gasteiger partial charge is 0.412 e. The normalized spacial score (nSPS) is 11.1. The van der Waals surface area contributed by atoms with E-state index in [1.165, 1.54) is 0 Å². The van der Waals surface area contributed by atoms with E-state index >= 15 is 0 Å². The van der Waals surface area contributed by atoms with Crippen LogP contribution in [0.2, 0.25) is 0 Å². The molecule has 0 radical (unpaired) electrons. The van der Waals surface area contributed by atoms with E-state index in [0.717, 1.165) is 35.1 Å². The van der Waals surface area contributed by atoms with Gasteiger partial charge in [-0.3, -0.25) is 5.32 Å². The van der Waals surface area contributed by atoms with Crippen molar-refractivity contribution in [2.75, 3.05) is 34.0 Å². The zero-order chi connectivity index (χ0) is 15.9. The van der Waals surface area contributed by atoms with Gasteiger partial charge in [-0.05, 0) is 45.0 Å². The summed E-state index contributed by atoms with van der Waals surface area (Å²) in [4.78, 5) is 14.0. The summed E-state index contributed by atoms with van der Waals surface area (Å²) >= 11 is 6.92. The van der Waals surface area contributed by atoms with Crippen LogP contribution in [0.4, 0.5) is 16.2 Å². The Morgan fingerprint density at radius 1 is 1.14 bits per heavy atom. The molecule has 0 spiro atoms.